The van der Waals surface area contributed by atoms with Gasteiger partial charge in [-0.05, 0) is 37.1 Å². The molecule has 0 amide bonds. The first-order chi connectivity index (χ1) is 9.02. The van der Waals surface area contributed by atoms with E-state index in [-0.39, 0.29) is 0 Å². The van der Waals surface area contributed by atoms with Crippen molar-refractivity contribution in [2.75, 3.05) is 5.73 Å². The van der Waals surface area contributed by atoms with Gasteiger partial charge in [-0.25, -0.2) is 0 Å². The molecule has 0 aliphatic heterocycles. The van der Waals surface area contributed by atoms with Gasteiger partial charge in [0.1, 0.15) is 23.1 Å². The Morgan fingerprint density at radius 3 is 2.58 bits per heavy atom. The number of aryl methyl sites for hydroxylation is 2. The van der Waals surface area contributed by atoms with Gasteiger partial charge in [-0.3, -0.25) is 0 Å². The SMILES string of the molecule is Cc1cc(C)c(Oc2cccc(Cl)c2C#N)cc1N. The Hall–Kier alpha value is -2.18. The number of nitrogen functional groups attached to an aromatic ring is 1. The van der Waals surface area contributed by atoms with E-state index in [0.29, 0.717) is 27.8 Å². The number of hydrogen-bond acceptors (Lipinski definition) is 3. The maximum Gasteiger partial charge on any atom is 0.146 e. The van der Waals surface area contributed by atoms with Crippen molar-refractivity contribution in [1.29, 1.82) is 5.26 Å². The van der Waals surface area contributed by atoms with E-state index in [1.807, 2.05) is 26.0 Å². The number of nitriles is 1. The van der Waals surface area contributed by atoms with E-state index >= 15 is 0 Å². The van der Waals surface area contributed by atoms with Crippen molar-refractivity contribution in [3.05, 3.63) is 52.0 Å². The van der Waals surface area contributed by atoms with Crippen LogP contribution in [0, 0.1) is 25.2 Å². The largest absolute Gasteiger partial charge is 0.456 e. The van der Waals surface area contributed by atoms with Gasteiger partial charge in [0.05, 0.1) is 5.02 Å². The number of benzene rings is 2. The van der Waals surface area contributed by atoms with Gasteiger partial charge >= 0.3 is 0 Å². The summed E-state index contributed by atoms with van der Waals surface area (Å²) in [6.45, 7) is 3.87. The van der Waals surface area contributed by atoms with Crippen molar-refractivity contribution >= 4 is 17.3 Å². The molecule has 96 valence electrons. The zero-order chi connectivity index (χ0) is 14.0. The number of hydrogen-bond donors (Lipinski definition) is 1. The molecule has 0 aliphatic rings. The van der Waals surface area contributed by atoms with Crippen molar-refractivity contribution in [3.8, 4) is 17.6 Å². The molecule has 2 aromatic rings. The van der Waals surface area contributed by atoms with E-state index in [1.165, 1.54) is 0 Å². The lowest BCUT2D eigenvalue weighted by Gasteiger charge is -2.12. The predicted molar refractivity (Wildman–Crippen MR) is 76.6 cm³/mol. The van der Waals surface area contributed by atoms with Crippen LogP contribution in [0.3, 0.4) is 0 Å². The standard InChI is InChI=1S/C15H13ClN2O/c1-9-6-10(2)15(7-13(9)18)19-14-5-3-4-12(16)11(14)8-17/h3-7H,18H2,1-2H3. The van der Waals surface area contributed by atoms with Gasteiger partial charge in [-0.2, -0.15) is 5.26 Å². The van der Waals surface area contributed by atoms with Crippen molar-refractivity contribution in [2.45, 2.75) is 13.8 Å². The number of nitrogens with two attached hydrogens (primary N) is 1. The normalized spacial score (nSPS) is 10.0. The predicted octanol–water partition coefficient (Wildman–Crippen LogP) is 4.20. The first-order valence-corrected chi connectivity index (χ1v) is 6.14. The maximum absolute atomic E-state index is 9.11. The Labute approximate surface area is 117 Å². The molecule has 0 aromatic heterocycles. The number of ether oxygens (including phenoxy) is 1. The van der Waals surface area contributed by atoms with E-state index < -0.39 is 0 Å². The summed E-state index contributed by atoms with van der Waals surface area (Å²) in [6.07, 6.45) is 0. The minimum absolute atomic E-state index is 0.322. The molecule has 0 saturated heterocycles. The summed E-state index contributed by atoms with van der Waals surface area (Å²) >= 11 is 5.96. The van der Waals surface area contributed by atoms with Crippen molar-refractivity contribution in [2.24, 2.45) is 0 Å². The highest BCUT2D eigenvalue weighted by atomic mass is 35.5. The van der Waals surface area contributed by atoms with Crippen LogP contribution in [0.15, 0.2) is 30.3 Å². The molecular formula is C15H13ClN2O. The highest BCUT2D eigenvalue weighted by molar-refractivity contribution is 6.31. The molecule has 0 atom stereocenters. The zero-order valence-electron chi connectivity index (χ0n) is 10.7. The van der Waals surface area contributed by atoms with E-state index in [9.17, 15) is 0 Å². The summed E-state index contributed by atoms with van der Waals surface area (Å²) in [4.78, 5) is 0. The monoisotopic (exact) mass is 272 g/mol. The Balaban J connectivity index is 2.45. The molecule has 19 heavy (non-hydrogen) atoms. The van der Waals surface area contributed by atoms with Gasteiger partial charge < -0.3 is 10.5 Å². The quantitative estimate of drug-likeness (QED) is 0.834. The second kappa shape index (κ2) is 5.21. The lowest BCUT2D eigenvalue weighted by Crippen LogP contribution is -1.95. The number of nitrogens with zero attached hydrogens (tertiary/aromatic N) is 1. The van der Waals surface area contributed by atoms with E-state index in [4.69, 9.17) is 27.3 Å². The molecule has 0 spiro atoms. The average Bonchev–Trinajstić information content (AvgIpc) is 2.36. The zero-order valence-corrected chi connectivity index (χ0v) is 11.5. The van der Waals surface area contributed by atoms with Gasteiger partial charge in [-0.15, -0.1) is 0 Å². The summed E-state index contributed by atoms with van der Waals surface area (Å²) in [5.41, 5.74) is 8.80. The van der Waals surface area contributed by atoms with Crippen molar-refractivity contribution < 1.29 is 4.74 Å². The topological polar surface area (TPSA) is 59.0 Å². The van der Waals surface area contributed by atoms with Gasteiger partial charge in [-0.1, -0.05) is 23.7 Å². The molecule has 0 radical (unpaired) electrons. The second-order valence-corrected chi connectivity index (χ2v) is 4.71. The molecule has 0 bridgehead atoms. The molecule has 3 nitrogen and oxygen atoms in total. The maximum atomic E-state index is 9.11. The minimum Gasteiger partial charge on any atom is -0.456 e. The lowest BCUT2D eigenvalue weighted by atomic mass is 10.1. The fourth-order valence-electron chi connectivity index (χ4n) is 1.77. The fourth-order valence-corrected chi connectivity index (χ4v) is 1.98. The summed E-state index contributed by atoms with van der Waals surface area (Å²) in [5, 5.41) is 9.48. The van der Waals surface area contributed by atoms with Gasteiger partial charge in [0, 0.05) is 11.8 Å². The molecule has 0 saturated carbocycles. The van der Waals surface area contributed by atoms with Crippen LogP contribution in [0.4, 0.5) is 5.69 Å². The third-order valence-electron chi connectivity index (χ3n) is 2.87. The molecule has 0 aliphatic carbocycles. The average molecular weight is 273 g/mol. The summed E-state index contributed by atoms with van der Waals surface area (Å²) < 4.78 is 5.76. The van der Waals surface area contributed by atoms with Crippen LogP contribution in [0.2, 0.25) is 5.02 Å². The van der Waals surface area contributed by atoms with E-state index in [2.05, 4.69) is 0 Å². The minimum atomic E-state index is 0.322. The first kappa shape index (κ1) is 13.3. The van der Waals surface area contributed by atoms with Crippen LogP contribution in [0.1, 0.15) is 16.7 Å². The smallest absolute Gasteiger partial charge is 0.146 e. The van der Waals surface area contributed by atoms with Crippen LogP contribution >= 0.6 is 11.6 Å². The van der Waals surface area contributed by atoms with Crippen LogP contribution in [0.25, 0.3) is 0 Å². The number of rotatable bonds is 2. The molecule has 2 N–H and O–H groups in total. The molecule has 2 aromatic carbocycles. The van der Waals surface area contributed by atoms with Crippen LogP contribution in [-0.2, 0) is 0 Å². The van der Waals surface area contributed by atoms with Gasteiger partial charge in [0.15, 0.2) is 0 Å². The Kier molecular flexibility index (Phi) is 3.64. The van der Waals surface area contributed by atoms with Crippen molar-refractivity contribution in [1.82, 2.24) is 0 Å². The molecule has 0 fully saturated rings. The lowest BCUT2D eigenvalue weighted by molar-refractivity contribution is 0.477. The highest BCUT2D eigenvalue weighted by Crippen LogP contribution is 2.33. The molecular weight excluding hydrogens is 260 g/mol. The second-order valence-electron chi connectivity index (χ2n) is 4.30. The number of halogens is 1. The van der Waals surface area contributed by atoms with E-state index in [0.717, 1.165) is 11.1 Å². The van der Waals surface area contributed by atoms with Crippen molar-refractivity contribution in [3.63, 3.8) is 0 Å². The summed E-state index contributed by atoms with van der Waals surface area (Å²) in [7, 11) is 0. The van der Waals surface area contributed by atoms with Crippen LogP contribution in [-0.4, -0.2) is 0 Å². The highest BCUT2D eigenvalue weighted by Gasteiger charge is 2.10. The fraction of sp³-hybridized carbons (Fsp3) is 0.133. The Morgan fingerprint density at radius 1 is 1.16 bits per heavy atom. The number of anilines is 1. The first-order valence-electron chi connectivity index (χ1n) is 5.76. The van der Waals surface area contributed by atoms with Crippen LogP contribution in [0.5, 0.6) is 11.5 Å². The third kappa shape index (κ3) is 2.64. The molecule has 0 heterocycles. The van der Waals surface area contributed by atoms with Gasteiger partial charge in [0.2, 0.25) is 0 Å². The third-order valence-corrected chi connectivity index (χ3v) is 3.19. The Bertz CT molecular complexity index is 675. The summed E-state index contributed by atoms with van der Waals surface area (Å²) in [6, 6.07) is 10.8. The molecule has 2 rings (SSSR count). The van der Waals surface area contributed by atoms with E-state index in [1.54, 1.807) is 24.3 Å². The van der Waals surface area contributed by atoms with Crippen LogP contribution < -0.4 is 10.5 Å². The molecule has 4 heteroatoms. The van der Waals surface area contributed by atoms with Gasteiger partial charge in [0.25, 0.3) is 0 Å². The Morgan fingerprint density at radius 2 is 1.89 bits per heavy atom. The summed E-state index contributed by atoms with van der Waals surface area (Å²) in [5.74, 6) is 1.06. The molecule has 0 unspecified atom stereocenters.